The van der Waals surface area contributed by atoms with Gasteiger partial charge in [0.2, 0.25) is 6.79 Å². The third-order valence-electron chi connectivity index (χ3n) is 3.41. The molecule has 0 fully saturated rings. The lowest BCUT2D eigenvalue weighted by Gasteiger charge is -2.09. The minimum Gasteiger partial charge on any atom is -0.454 e. The molecule has 1 aliphatic rings. The summed E-state index contributed by atoms with van der Waals surface area (Å²) >= 11 is 5.86. The van der Waals surface area contributed by atoms with Crippen molar-refractivity contribution >= 4 is 29.2 Å². The second-order valence-corrected chi connectivity index (χ2v) is 5.59. The van der Waals surface area contributed by atoms with Gasteiger partial charge in [0.25, 0.3) is 5.91 Å². The van der Waals surface area contributed by atoms with Gasteiger partial charge in [-0.25, -0.2) is 4.79 Å². The Morgan fingerprint density at radius 1 is 1.17 bits per heavy atom. The molecule has 124 valence electrons. The van der Waals surface area contributed by atoms with Crippen molar-refractivity contribution in [3.05, 3.63) is 52.5 Å². The number of carbonyl (C=O) groups is 2. The van der Waals surface area contributed by atoms with Crippen LogP contribution in [0.3, 0.4) is 0 Å². The molecular weight excluding hydrogens is 334 g/mol. The molecule has 0 atom stereocenters. The van der Waals surface area contributed by atoms with Crippen LogP contribution in [0.2, 0.25) is 5.02 Å². The zero-order valence-electron chi connectivity index (χ0n) is 12.8. The predicted octanol–water partition coefficient (Wildman–Crippen LogP) is 3.17. The molecule has 1 amide bonds. The molecule has 0 spiro atoms. The third kappa shape index (κ3) is 3.60. The average Bonchev–Trinajstić information content (AvgIpc) is 3.03. The van der Waals surface area contributed by atoms with Crippen LogP contribution < -0.4 is 14.8 Å². The number of hydrogen-bond acceptors (Lipinski definition) is 5. The van der Waals surface area contributed by atoms with Crippen LogP contribution in [0, 0.1) is 6.92 Å². The van der Waals surface area contributed by atoms with Crippen molar-refractivity contribution in [1.29, 1.82) is 0 Å². The zero-order valence-corrected chi connectivity index (χ0v) is 13.6. The standard InChI is InChI=1S/C17H14ClNO5/c1-10-6-12(18)3-4-13(10)19-16(20)8-22-17(21)11-2-5-14-15(7-11)24-9-23-14/h2-7H,8-9H2,1H3,(H,19,20). The Bertz CT molecular complexity index is 806. The van der Waals surface area contributed by atoms with Gasteiger partial charge in [-0.05, 0) is 48.9 Å². The maximum Gasteiger partial charge on any atom is 0.338 e. The van der Waals surface area contributed by atoms with Crippen LogP contribution in [-0.2, 0) is 9.53 Å². The summed E-state index contributed by atoms with van der Waals surface area (Å²) in [5, 5.41) is 3.25. The van der Waals surface area contributed by atoms with Crippen molar-refractivity contribution in [2.75, 3.05) is 18.7 Å². The maximum absolute atomic E-state index is 12.0. The highest BCUT2D eigenvalue weighted by molar-refractivity contribution is 6.30. The molecule has 0 radical (unpaired) electrons. The summed E-state index contributed by atoms with van der Waals surface area (Å²) in [6.45, 7) is 1.55. The fraction of sp³-hybridized carbons (Fsp3) is 0.176. The lowest BCUT2D eigenvalue weighted by Crippen LogP contribution is -2.21. The van der Waals surface area contributed by atoms with Gasteiger partial charge in [0, 0.05) is 10.7 Å². The monoisotopic (exact) mass is 347 g/mol. The Balaban J connectivity index is 1.57. The largest absolute Gasteiger partial charge is 0.454 e. The summed E-state index contributed by atoms with van der Waals surface area (Å²) in [5.41, 5.74) is 1.72. The molecule has 6 nitrogen and oxygen atoms in total. The van der Waals surface area contributed by atoms with E-state index in [0.29, 0.717) is 22.2 Å². The smallest absolute Gasteiger partial charge is 0.338 e. The quantitative estimate of drug-likeness (QED) is 0.860. The molecule has 1 aliphatic heterocycles. The van der Waals surface area contributed by atoms with Crippen LogP contribution in [0.25, 0.3) is 0 Å². The molecule has 3 rings (SSSR count). The van der Waals surface area contributed by atoms with Crippen molar-refractivity contribution < 1.29 is 23.8 Å². The number of hydrogen-bond donors (Lipinski definition) is 1. The normalized spacial score (nSPS) is 11.9. The number of benzene rings is 2. The Morgan fingerprint density at radius 2 is 1.96 bits per heavy atom. The Morgan fingerprint density at radius 3 is 2.75 bits per heavy atom. The van der Waals surface area contributed by atoms with Crippen LogP contribution in [0.1, 0.15) is 15.9 Å². The zero-order chi connectivity index (χ0) is 17.1. The number of esters is 1. The SMILES string of the molecule is Cc1cc(Cl)ccc1NC(=O)COC(=O)c1ccc2c(c1)OCO2. The van der Waals surface area contributed by atoms with Gasteiger partial charge in [0.15, 0.2) is 18.1 Å². The highest BCUT2D eigenvalue weighted by Crippen LogP contribution is 2.32. The van der Waals surface area contributed by atoms with Gasteiger partial charge in [-0.3, -0.25) is 4.79 Å². The van der Waals surface area contributed by atoms with Crippen molar-refractivity contribution in [3.63, 3.8) is 0 Å². The topological polar surface area (TPSA) is 73.9 Å². The number of rotatable bonds is 4. The van der Waals surface area contributed by atoms with Gasteiger partial charge < -0.3 is 19.5 Å². The highest BCUT2D eigenvalue weighted by Gasteiger charge is 2.17. The van der Waals surface area contributed by atoms with E-state index in [1.165, 1.54) is 6.07 Å². The van der Waals surface area contributed by atoms with Crippen LogP contribution in [-0.4, -0.2) is 25.3 Å². The second-order valence-electron chi connectivity index (χ2n) is 5.15. The number of anilines is 1. The van der Waals surface area contributed by atoms with Crippen molar-refractivity contribution in [2.24, 2.45) is 0 Å². The minimum atomic E-state index is -0.615. The van der Waals surface area contributed by atoms with E-state index >= 15 is 0 Å². The number of nitrogens with one attached hydrogen (secondary N) is 1. The number of halogens is 1. The number of amides is 1. The van der Waals surface area contributed by atoms with E-state index in [9.17, 15) is 9.59 Å². The van der Waals surface area contributed by atoms with E-state index < -0.39 is 18.5 Å². The summed E-state index contributed by atoms with van der Waals surface area (Å²) in [6, 6.07) is 9.78. The fourth-order valence-corrected chi connectivity index (χ4v) is 2.42. The molecule has 1 heterocycles. The molecule has 0 aliphatic carbocycles. The van der Waals surface area contributed by atoms with E-state index in [0.717, 1.165) is 5.56 Å². The van der Waals surface area contributed by atoms with Gasteiger partial charge in [-0.2, -0.15) is 0 Å². The molecule has 0 saturated carbocycles. The summed E-state index contributed by atoms with van der Waals surface area (Å²) < 4.78 is 15.4. The summed E-state index contributed by atoms with van der Waals surface area (Å²) in [4.78, 5) is 23.9. The van der Waals surface area contributed by atoms with Crippen molar-refractivity contribution in [1.82, 2.24) is 0 Å². The van der Waals surface area contributed by atoms with Crippen LogP contribution in [0.15, 0.2) is 36.4 Å². The Hall–Kier alpha value is -2.73. The maximum atomic E-state index is 12.0. The van der Waals surface area contributed by atoms with Crippen LogP contribution >= 0.6 is 11.6 Å². The Labute approximate surface area is 143 Å². The lowest BCUT2D eigenvalue weighted by atomic mass is 10.2. The lowest BCUT2D eigenvalue weighted by molar-refractivity contribution is -0.119. The van der Waals surface area contributed by atoms with Crippen molar-refractivity contribution in [2.45, 2.75) is 6.92 Å². The molecule has 2 aromatic carbocycles. The number of carbonyl (C=O) groups excluding carboxylic acids is 2. The van der Waals surface area contributed by atoms with Crippen LogP contribution in [0.5, 0.6) is 11.5 Å². The highest BCUT2D eigenvalue weighted by atomic mass is 35.5. The minimum absolute atomic E-state index is 0.122. The number of ether oxygens (including phenoxy) is 3. The molecular formula is C17H14ClNO5. The molecule has 0 unspecified atom stereocenters. The van der Waals surface area contributed by atoms with Gasteiger partial charge in [0.1, 0.15) is 0 Å². The first-order chi connectivity index (χ1) is 11.5. The molecule has 1 N–H and O–H groups in total. The van der Waals surface area contributed by atoms with E-state index in [1.54, 1.807) is 30.3 Å². The Kier molecular flexibility index (Phi) is 4.57. The van der Waals surface area contributed by atoms with E-state index in [-0.39, 0.29) is 12.4 Å². The summed E-state index contributed by atoms with van der Waals surface area (Å²) in [7, 11) is 0. The van der Waals surface area contributed by atoms with Gasteiger partial charge in [-0.15, -0.1) is 0 Å². The molecule has 0 aromatic heterocycles. The van der Waals surface area contributed by atoms with Crippen molar-refractivity contribution in [3.8, 4) is 11.5 Å². The summed E-state index contributed by atoms with van der Waals surface area (Å²) in [6.07, 6.45) is 0. The molecule has 0 bridgehead atoms. The average molecular weight is 348 g/mol. The first kappa shape index (κ1) is 16.1. The summed E-state index contributed by atoms with van der Waals surface area (Å²) in [5.74, 6) is -0.000934. The van der Waals surface area contributed by atoms with Gasteiger partial charge in [0.05, 0.1) is 5.56 Å². The number of fused-ring (bicyclic) bond motifs is 1. The molecule has 0 saturated heterocycles. The van der Waals surface area contributed by atoms with E-state index in [4.69, 9.17) is 25.8 Å². The van der Waals surface area contributed by atoms with Gasteiger partial charge in [-0.1, -0.05) is 11.6 Å². The van der Waals surface area contributed by atoms with Gasteiger partial charge >= 0.3 is 5.97 Å². The molecule has 2 aromatic rings. The fourth-order valence-electron chi connectivity index (χ4n) is 2.19. The van der Waals surface area contributed by atoms with E-state index in [1.807, 2.05) is 6.92 Å². The van der Waals surface area contributed by atoms with Crippen LogP contribution in [0.4, 0.5) is 5.69 Å². The predicted molar refractivity (Wildman–Crippen MR) is 87.7 cm³/mol. The molecule has 24 heavy (non-hydrogen) atoms. The first-order valence-corrected chi connectivity index (χ1v) is 7.53. The molecule has 7 heteroatoms. The third-order valence-corrected chi connectivity index (χ3v) is 3.64. The first-order valence-electron chi connectivity index (χ1n) is 7.16. The van der Waals surface area contributed by atoms with E-state index in [2.05, 4.69) is 5.32 Å². The second kappa shape index (κ2) is 6.80. The number of aryl methyl sites for hydroxylation is 1.